The Morgan fingerprint density at radius 1 is 1.28 bits per heavy atom. The summed E-state index contributed by atoms with van der Waals surface area (Å²) in [6.45, 7) is 1.41. The Balaban J connectivity index is 1.37. The van der Waals surface area contributed by atoms with Crippen molar-refractivity contribution in [2.45, 2.75) is 13.0 Å². The number of benzene rings is 1. The van der Waals surface area contributed by atoms with Crippen LogP contribution in [-0.4, -0.2) is 26.6 Å². The van der Waals surface area contributed by atoms with Gasteiger partial charge >= 0.3 is 0 Å². The fraction of sp³-hybridized carbons (Fsp3) is 0.222. The number of nitrogens with one attached hydrogen (secondary N) is 1. The highest BCUT2D eigenvalue weighted by atomic mass is 79.9. The van der Waals surface area contributed by atoms with Gasteiger partial charge in [-0.3, -0.25) is 4.79 Å². The number of halogens is 1. The molecule has 4 rings (SSSR count). The molecule has 0 aliphatic carbocycles. The summed E-state index contributed by atoms with van der Waals surface area (Å²) in [7, 11) is 1.86. The zero-order valence-corrected chi connectivity index (χ0v) is 15.3. The summed E-state index contributed by atoms with van der Waals surface area (Å²) >= 11 is 3.30. The van der Waals surface area contributed by atoms with E-state index in [2.05, 4.69) is 36.9 Å². The SMILES string of the molecule is Cn1c(C(=O)NCCCn2cnc3ccccc32)cc2oc(Br)cc21. The number of imidazole rings is 1. The van der Waals surface area contributed by atoms with Crippen LogP contribution in [0.2, 0.25) is 0 Å². The van der Waals surface area contributed by atoms with Gasteiger partial charge in [-0.15, -0.1) is 0 Å². The topological polar surface area (TPSA) is 65.0 Å². The standard InChI is InChI=1S/C18H17BrN4O2/c1-22-14-10-17(19)25-16(14)9-15(22)18(24)20-7-4-8-23-11-21-12-5-2-3-6-13(12)23/h2-3,5-6,9-11H,4,7-8H2,1H3,(H,20,24). The largest absolute Gasteiger partial charge is 0.448 e. The third-order valence-corrected chi connectivity index (χ3v) is 4.71. The fourth-order valence-electron chi connectivity index (χ4n) is 3.03. The Morgan fingerprint density at radius 2 is 2.12 bits per heavy atom. The monoisotopic (exact) mass is 400 g/mol. The van der Waals surface area contributed by atoms with Gasteiger partial charge in [-0.1, -0.05) is 12.1 Å². The number of hydrogen-bond donors (Lipinski definition) is 1. The zero-order valence-electron chi connectivity index (χ0n) is 13.7. The van der Waals surface area contributed by atoms with Crippen molar-refractivity contribution in [2.24, 2.45) is 7.05 Å². The molecule has 3 aromatic heterocycles. The summed E-state index contributed by atoms with van der Waals surface area (Å²) in [5.41, 5.74) is 4.28. The summed E-state index contributed by atoms with van der Waals surface area (Å²) in [6, 6.07) is 11.7. The van der Waals surface area contributed by atoms with E-state index in [1.54, 1.807) is 6.07 Å². The second-order valence-electron chi connectivity index (χ2n) is 5.92. The number of rotatable bonds is 5. The Kier molecular flexibility index (Phi) is 4.09. The predicted octanol–water partition coefficient (Wildman–Crippen LogP) is 3.70. The van der Waals surface area contributed by atoms with Crippen LogP contribution in [0.15, 0.2) is 51.8 Å². The normalized spacial score (nSPS) is 11.4. The molecule has 0 saturated carbocycles. The van der Waals surface area contributed by atoms with Gasteiger partial charge in [0.15, 0.2) is 10.3 Å². The van der Waals surface area contributed by atoms with E-state index in [0.29, 0.717) is 22.5 Å². The van der Waals surface area contributed by atoms with Gasteiger partial charge in [0.1, 0.15) is 5.69 Å². The van der Waals surface area contributed by atoms with Gasteiger partial charge in [0.2, 0.25) is 0 Å². The fourth-order valence-corrected chi connectivity index (χ4v) is 3.42. The number of nitrogens with zero attached hydrogens (tertiary/aromatic N) is 3. The molecule has 3 heterocycles. The molecule has 0 aliphatic heterocycles. The lowest BCUT2D eigenvalue weighted by Crippen LogP contribution is -2.27. The van der Waals surface area contributed by atoms with E-state index in [4.69, 9.17) is 4.42 Å². The van der Waals surface area contributed by atoms with Crippen LogP contribution in [0, 0.1) is 0 Å². The highest BCUT2D eigenvalue weighted by Crippen LogP contribution is 2.26. The molecule has 0 saturated heterocycles. The average Bonchev–Trinajstić information content (AvgIpc) is 3.26. The minimum Gasteiger partial charge on any atom is -0.448 e. The second-order valence-corrected chi connectivity index (χ2v) is 6.71. The van der Waals surface area contributed by atoms with E-state index in [9.17, 15) is 4.79 Å². The Labute approximate surface area is 152 Å². The van der Waals surface area contributed by atoms with Crippen molar-refractivity contribution < 1.29 is 9.21 Å². The minimum absolute atomic E-state index is 0.0967. The number of furan rings is 1. The molecule has 0 spiro atoms. The number of aromatic nitrogens is 3. The van der Waals surface area contributed by atoms with Crippen LogP contribution in [0.25, 0.3) is 22.1 Å². The van der Waals surface area contributed by atoms with Crippen molar-refractivity contribution in [1.29, 1.82) is 0 Å². The molecular weight excluding hydrogens is 384 g/mol. The zero-order chi connectivity index (χ0) is 17.4. The molecular formula is C18H17BrN4O2. The van der Waals surface area contributed by atoms with Crippen LogP contribution in [-0.2, 0) is 13.6 Å². The molecule has 4 aromatic rings. The molecule has 128 valence electrons. The molecule has 1 N–H and O–H groups in total. The first kappa shape index (κ1) is 16.0. The first-order valence-corrected chi connectivity index (χ1v) is 8.85. The van der Waals surface area contributed by atoms with Gasteiger partial charge < -0.3 is 18.9 Å². The van der Waals surface area contributed by atoms with Gasteiger partial charge in [0.25, 0.3) is 5.91 Å². The second kappa shape index (κ2) is 6.40. The van der Waals surface area contributed by atoms with Gasteiger partial charge in [-0.25, -0.2) is 4.98 Å². The van der Waals surface area contributed by atoms with E-state index in [0.717, 1.165) is 29.5 Å². The summed E-state index contributed by atoms with van der Waals surface area (Å²) in [5.74, 6) is -0.0967. The highest BCUT2D eigenvalue weighted by molar-refractivity contribution is 9.10. The summed E-state index contributed by atoms with van der Waals surface area (Å²) in [5, 5.41) is 2.97. The van der Waals surface area contributed by atoms with Crippen LogP contribution in [0.3, 0.4) is 0 Å². The van der Waals surface area contributed by atoms with E-state index in [-0.39, 0.29) is 5.91 Å². The predicted molar refractivity (Wildman–Crippen MR) is 99.6 cm³/mol. The number of carbonyl (C=O) groups is 1. The first-order chi connectivity index (χ1) is 12.1. The molecule has 7 heteroatoms. The lowest BCUT2D eigenvalue weighted by atomic mass is 10.3. The van der Waals surface area contributed by atoms with Crippen LogP contribution < -0.4 is 5.32 Å². The summed E-state index contributed by atoms with van der Waals surface area (Å²) < 4.78 is 10.1. The smallest absolute Gasteiger partial charge is 0.268 e. The van der Waals surface area contributed by atoms with Crippen molar-refractivity contribution >= 4 is 44.0 Å². The van der Waals surface area contributed by atoms with Crippen molar-refractivity contribution in [3.63, 3.8) is 0 Å². The lowest BCUT2D eigenvalue weighted by molar-refractivity contribution is 0.0945. The molecule has 6 nitrogen and oxygen atoms in total. The summed E-state index contributed by atoms with van der Waals surface area (Å²) in [6.07, 6.45) is 2.67. The number of aryl methyl sites for hydroxylation is 2. The van der Waals surface area contributed by atoms with Gasteiger partial charge in [-0.05, 0) is 34.5 Å². The van der Waals surface area contributed by atoms with Gasteiger partial charge in [0, 0.05) is 32.3 Å². The molecule has 0 unspecified atom stereocenters. The molecule has 0 atom stereocenters. The number of hydrogen-bond acceptors (Lipinski definition) is 3. The third kappa shape index (κ3) is 2.95. The van der Waals surface area contributed by atoms with E-state index in [1.165, 1.54) is 0 Å². The quantitative estimate of drug-likeness (QED) is 0.519. The number of carbonyl (C=O) groups excluding carboxylic acids is 1. The molecule has 25 heavy (non-hydrogen) atoms. The van der Waals surface area contributed by atoms with Crippen molar-refractivity contribution in [2.75, 3.05) is 6.54 Å². The molecule has 1 aromatic carbocycles. The lowest BCUT2D eigenvalue weighted by Gasteiger charge is -2.07. The number of para-hydroxylation sites is 2. The number of fused-ring (bicyclic) bond motifs is 2. The maximum atomic E-state index is 12.4. The first-order valence-electron chi connectivity index (χ1n) is 8.06. The van der Waals surface area contributed by atoms with E-state index < -0.39 is 0 Å². The average molecular weight is 401 g/mol. The van der Waals surface area contributed by atoms with Crippen LogP contribution in [0.1, 0.15) is 16.9 Å². The van der Waals surface area contributed by atoms with Crippen LogP contribution >= 0.6 is 15.9 Å². The molecule has 1 amide bonds. The van der Waals surface area contributed by atoms with Crippen LogP contribution in [0.5, 0.6) is 0 Å². The van der Waals surface area contributed by atoms with Gasteiger partial charge in [0.05, 0.1) is 22.9 Å². The minimum atomic E-state index is -0.0967. The van der Waals surface area contributed by atoms with Gasteiger partial charge in [-0.2, -0.15) is 0 Å². The van der Waals surface area contributed by atoms with Crippen molar-refractivity contribution in [3.05, 3.63) is 53.1 Å². The summed E-state index contributed by atoms with van der Waals surface area (Å²) in [4.78, 5) is 16.8. The Morgan fingerprint density at radius 3 is 2.96 bits per heavy atom. The molecule has 0 fully saturated rings. The third-order valence-electron chi connectivity index (χ3n) is 4.32. The molecule has 0 radical (unpaired) electrons. The maximum absolute atomic E-state index is 12.4. The number of amides is 1. The highest BCUT2D eigenvalue weighted by Gasteiger charge is 2.16. The Hall–Kier alpha value is -2.54. The Bertz CT molecular complexity index is 1060. The van der Waals surface area contributed by atoms with Crippen LogP contribution in [0.4, 0.5) is 0 Å². The van der Waals surface area contributed by atoms with Crippen molar-refractivity contribution in [3.8, 4) is 0 Å². The molecule has 0 bridgehead atoms. The van der Waals surface area contributed by atoms with Crippen molar-refractivity contribution in [1.82, 2.24) is 19.4 Å². The maximum Gasteiger partial charge on any atom is 0.268 e. The van der Waals surface area contributed by atoms with E-state index >= 15 is 0 Å². The van der Waals surface area contributed by atoms with E-state index in [1.807, 2.05) is 42.2 Å². The molecule has 0 aliphatic rings.